The number of hydrogen-bond donors (Lipinski definition) is 1. The molecule has 0 bridgehead atoms. The molecule has 0 fully saturated rings. The standard InChI is InChI=1S/C19H19N5O6/c1-3-4-5-8-22-18(25)14(10-20)12(2)15(19(22)26)11-21-16-7-6-13(23(27)28)9-17(16)24(29)30/h6-7,9,11,26H,3-5,8H2,1-2H3. The topological polar surface area (TPSA) is 165 Å². The molecule has 0 spiro atoms. The van der Waals surface area contributed by atoms with E-state index in [4.69, 9.17) is 0 Å². The highest BCUT2D eigenvalue weighted by Crippen LogP contribution is 2.31. The Kier molecular flexibility index (Phi) is 6.98. The van der Waals surface area contributed by atoms with Gasteiger partial charge in [-0.2, -0.15) is 5.26 Å². The van der Waals surface area contributed by atoms with E-state index < -0.39 is 32.7 Å². The molecular weight excluding hydrogens is 394 g/mol. The monoisotopic (exact) mass is 413 g/mol. The minimum absolute atomic E-state index is 0.0651. The molecule has 30 heavy (non-hydrogen) atoms. The molecule has 156 valence electrons. The van der Waals surface area contributed by atoms with Gasteiger partial charge in [-0.15, -0.1) is 0 Å². The smallest absolute Gasteiger partial charge is 0.301 e. The molecule has 0 aliphatic heterocycles. The molecule has 0 amide bonds. The van der Waals surface area contributed by atoms with E-state index in [0.717, 1.165) is 41.8 Å². The molecule has 1 aromatic heterocycles. The van der Waals surface area contributed by atoms with Crippen LogP contribution in [0.25, 0.3) is 0 Å². The summed E-state index contributed by atoms with van der Waals surface area (Å²) in [6, 6.07) is 4.78. The zero-order chi connectivity index (χ0) is 22.4. The lowest BCUT2D eigenvalue weighted by Gasteiger charge is -2.13. The SMILES string of the molecule is CCCCCn1c(O)c(C=Nc2ccc([N+](=O)[O-])cc2[N+](=O)[O-])c(C)c(C#N)c1=O. The van der Waals surface area contributed by atoms with E-state index in [1.165, 1.54) is 6.92 Å². The van der Waals surface area contributed by atoms with E-state index in [0.29, 0.717) is 6.42 Å². The van der Waals surface area contributed by atoms with Gasteiger partial charge >= 0.3 is 5.69 Å². The van der Waals surface area contributed by atoms with Gasteiger partial charge in [0, 0.05) is 18.8 Å². The summed E-state index contributed by atoms with van der Waals surface area (Å²) in [6.07, 6.45) is 3.43. The molecule has 1 heterocycles. The van der Waals surface area contributed by atoms with Crippen LogP contribution in [0.5, 0.6) is 5.88 Å². The van der Waals surface area contributed by atoms with Gasteiger partial charge in [0.25, 0.3) is 11.2 Å². The number of aromatic hydroxyl groups is 1. The fraction of sp³-hybridized carbons (Fsp3) is 0.316. The van der Waals surface area contributed by atoms with Gasteiger partial charge in [-0.3, -0.25) is 29.6 Å². The zero-order valence-corrected chi connectivity index (χ0v) is 16.4. The highest BCUT2D eigenvalue weighted by Gasteiger charge is 2.21. The Balaban J connectivity index is 2.60. The minimum atomic E-state index is -0.807. The second kappa shape index (κ2) is 9.42. The normalized spacial score (nSPS) is 10.8. The van der Waals surface area contributed by atoms with Crippen molar-refractivity contribution in [2.45, 2.75) is 39.7 Å². The number of pyridine rings is 1. The number of rotatable bonds is 8. The summed E-state index contributed by atoms with van der Waals surface area (Å²) >= 11 is 0. The van der Waals surface area contributed by atoms with Crippen LogP contribution in [0.1, 0.15) is 42.9 Å². The quantitative estimate of drug-likeness (QED) is 0.299. The Morgan fingerprint density at radius 1 is 1.27 bits per heavy atom. The molecule has 0 radical (unpaired) electrons. The maximum absolute atomic E-state index is 12.5. The molecule has 2 aromatic rings. The summed E-state index contributed by atoms with van der Waals surface area (Å²) in [5.74, 6) is -0.402. The molecule has 0 unspecified atom stereocenters. The van der Waals surface area contributed by atoms with Crippen molar-refractivity contribution in [3.63, 3.8) is 0 Å². The Morgan fingerprint density at radius 3 is 2.53 bits per heavy atom. The average molecular weight is 413 g/mol. The van der Waals surface area contributed by atoms with Crippen molar-refractivity contribution in [1.82, 2.24) is 4.57 Å². The molecule has 1 N–H and O–H groups in total. The van der Waals surface area contributed by atoms with Crippen LogP contribution in [0.2, 0.25) is 0 Å². The van der Waals surface area contributed by atoms with Crippen LogP contribution in [-0.2, 0) is 6.54 Å². The number of nitro benzene ring substituents is 2. The Labute approximate surface area is 170 Å². The van der Waals surface area contributed by atoms with Crippen molar-refractivity contribution >= 4 is 23.3 Å². The summed E-state index contributed by atoms with van der Waals surface area (Å²) in [5, 5.41) is 42.0. The van der Waals surface area contributed by atoms with Crippen molar-refractivity contribution in [3.05, 3.63) is 65.5 Å². The third-order valence-electron chi connectivity index (χ3n) is 4.53. The number of nitriles is 1. The predicted octanol–water partition coefficient (Wildman–Crippen LogP) is 3.49. The number of benzene rings is 1. The number of non-ortho nitro benzene ring substituents is 1. The van der Waals surface area contributed by atoms with Crippen molar-refractivity contribution in [2.75, 3.05) is 0 Å². The average Bonchev–Trinajstić information content (AvgIpc) is 2.70. The first-order valence-corrected chi connectivity index (χ1v) is 9.06. The molecule has 0 aliphatic rings. The van der Waals surface area contributed by atoms with Gasteiger partial charge in [0.05, 0.1) is 21.5 Å². The van der Waals surface area contributed by atoms with E-state index in [9.17, 15) is 35.4 Å². The molecule has 0 atom stereocenters. The Morgan fingerprint density at radius 2 is 1.97 bits per heavy atom. The van der Waals surface area contributed by atoms with Crippen molar-refractivity contribution in [1.29, 1.82) is 5.26 Å². The molecule has 0 saturated carbocycles. The van der Waals surface area contributed by atoms with Gasteiger partial charge in [-0.05, 0) is 25.0 Å². The van der Waals surface area contributed by atoms with Gasteiger partial charge in [-0.25, -0.2) is 4.99 Å². The number of aliphatic imine (C=N–C) groups is 1. The molecule has 11 nitrogen and oxygen atoms in total. The summed E-state index contributed by atoms with van der Waals surface area (Å²) < 4.78 is 1.08. The van der Waals surface area contributed by atoms with Crippen LogP contribution in [0.15, 0.2) is 28.0 Å². The highest BCUT2D eigenvalue weighted by atomic mass is 16.6. The first kappa shape index (κ1) is 22.2. The molecule has 2 rings (SSSR count). The van der Waals surface area contributed by atoms with E-state index in [-0.39, 0.29) is 28.9 Å². The number of aromatic nitrogens is 1. The second-order valence-corrected chi connectivity index (χ2v) is 6.46. The number of nitro groups is 2. The third kappa shape index (κ3) is 4.49. The van der Waals surface area contributed by atoms with Crippen LogP contribution in [0, 0.1) is 38.5 Å². The third-order valence-corrected chi connectivity index (χ3v) is 4.53. The Bertz CT molecular complexity index is 1130. The zero-order valence-electron chi connectivity index (χ0n) is 16.4. The van der Waals surface area contributed by atoms with E-state index in [1.54, 1.807) is 0 Å². The van der Waals surface area contributed by atoms with Crippen LogP contribution in [-0.4, -0.2) is 25.7 Å². The molecule has 0 saturated heterocycles. The number of nitrogens with zero attached hydrogens (tertiary/aromatic N) is 5. The maximum Gasteiger partial charge on any atom is 0.301 e. The predicted molar refractivity (Wildman–Crippen MR) is 108 cm³/mol. The molecule has 11 heteroatoms. The summed E-state index contributed by atoms with van der Waals surface area (Å²) in [7, 11) is 0. The van der Waals surface area contributed by atoms with Crippen LogP contribution in [0.3, 0.4) is 0 Å². The van der Waals surface area contributed by atoms with Crippen molar-refractivity contribution in [2.24, 2.45) is 4.99 Å². The second-order valence-electron chi connectivity index (χ2n) is 6.46. The van der Waals surface area contributed by atoms with Crippen LogP contribution >= 0.6 is 0 Å². The first-order valence-electron chi connectivity index (χ1n) is 9.06. The summed E-state index contributed by atoms with van der Waals surface area (Å²) in [6.45, 7) is 3.64. The van der Waals surface area contributed by atoms with Gasteiger partial charge in [0.2, 0.25) is 5.88 Å². The molecular formula is C19H19N5O6. The molecule has 0 aliphatic carbocycles. The van der Waals surface area contributed by atoms with Gasteiger partial charge in [0.15, 0.2) is 0 Å². The highest BCUT2D eigenvalue weighted by molar-refractivity contribution is 5.88. The fourth-order valence-electron chi connectivity index (χ4n) is 2.87. The van der Waals surface area contributed by atoms with Crippen molar-refractivity contribution < 1.29 is 15.0 Å². The first-order chi connectivity index (χ1) is 14.2. The van der Waals surface area contributed by atoms with Gasteiger partial charge < -0.3 is 5.11 Å². The fourth-order valence-corrected chi connectivity index (χ4v) is 2.87. The Hall–Kier alpha value is -4.07. The lowest BCUT2D eigenvalue weighted by Crippen LogP contribution is -2.25. The van der Waals surface area contributed by atoms with Crippen molar-refractivity contribution in [3.8, 4) is 11.9 Å². The van der Waals surface area contributed by atoms with Gasteiger partial charge in [0.1, 0.15) is 17.3 Å². The summed E-state index contributed by atoms with van der Waals surface area (Å²) in [4.78, 5) is 37.0. The van der Waals surface area contributed by atoms with Crippen LogP contribution in [0.4, 0.5) is 17.1 Å². The van der Waals surface area contributed by atoms with E-state index >= 15 is 0 Å². The largest absolute Gasteiger partial charge is 0.494 e. The number of hydrogen-bond acceptors (Lipinski definition) is 8. The minimum Gasteiger partial charge on any atom is -0.494 e. The summed E-state index contributed by atoms with van der Waals surface area (Å²) in [5.41, 5.74) is -1.77. The van der Waals surface area contributed by atoms with E-state index in [1.807, 2.05) is 13.0 Å². The molecule has 1 aromatic carbocycles. The lowest BCUT2D eigenvalue weighted by atomic mass is 10.1. The maximum atomic E-state index is 12.5. The number of unbranched alkanes of at least 4 members (excludes halogenated alkanes) is 2. The van der Waals surface area contributed by atoms with E-state index in [2.05, 4.69) is 4.99 Å². The van der Waals surface area contributed by atoms with Gasteiger partial charge in [-0.1, -0.05) is 19.8 Å². The lowest BCUT2D eigenvalue weighted by molar-refractivity contribution is -0.393. The van der Waals surface area contributed by atoms with Crippen LogP contribution < -0.4 is 5.56 Å².